The highest BCUT2D eigenvalue weighted by Gasteiger charge is 2.04. The predicted octanol–water partition coefficient (Wildman–Crippen LogP) is 0.834. The molecule has 2 heteroatoms. The molecule has 0 aromatic carbocycles. The summed E-state index contributed by atoms with van der Waals surface area (Å²) < 4.78 is 0. The van der Waals surface area contributed by atoms with Crippen LogP contribution in [0.5, 0.6) is 0 Å². The number of quaternary nitrogens is 1. The summed E-state index contributed by atoms with van der Waals surface area (Å²) in [6, 6.07) is 0.786. The van der Waals surface area contributed by atoms with E-state index >= 15 is 0 Å². The smallest absolute Gasteiger partial charge is 0.0815 e. The van der Waals surface area contributed by atoms with E-state index in [0.717, 1.165) is 6.04 Å². The normalized spacial score (nSPS) is 12.5. The molecule has 0 saturated heterocycles. The van der Waals surface area contributed by atoms with E-state index in [1.54, 1.807) is 4.90 Å². The molecular formula is C16H36BrN. The molecule has 0 aliphatic rings. The first-order valence-corrected chi connectivity index (χ1v) is 8.00. The molecule has 0 aromatic rings. The van der Waals surface area contributed by atoms with Crippen molar-refractivity contribution in [2.75, 3.05) is 13.6 Å². The molecule has 0 radical (unpaired) electrons. The molecule has 0 heterocycles. The van der Waals surface area contributed by atoms with E-state index in [1.165, 1.54) is 70.8 Å². The van der Waals surface area contributed by atoms with Gasteiger partial charge in [0.25, 0.3) is 0 Å². The zero-order chi connectivity index (χ0) is 12.9. The van der Waals surface area contributed by atoms with Crippen molar-refractivity contribution in [2.45, 2.75) is 91.0 Å². The fourth-order valence-corrected chi connectivity index (χ4v) is 2.18. The lowest BCUT2D eigenvalue weighted by Gasteiger charge is -2.17. The van der Waals surface area contributed by atoms with Crippen molar-refractivity contribution in [2.24, 2.45) is 0 Å². The number of nitrogens with one attached hydrogen (secondary N) is 1. The van der Waals surface area contributed by atoms with Crippen LogP contribution in [0.3, 0.4) is 0 Å². The molecule has 0 rings (SSSR count). The maximum Gasteiger partial charge on any atom is 0.0815 e. The third-order valence-electron chi connectivity index (χ3n) is 3.91. The summed E-state index contributed by atoms with van der Waals surface area (Å²) in [5.41, 5.74) is 0. The Morgan fingerprint density at radius 3 is 1.50 bits per heavy atom. The number of rotatable bonds is 12. The quantitative estimate of drug-likeness (QED) is 0.508. The fraction of sp³-hybridized carbons (Fsp3) is 1.00. The van der Waals surface area contributed by atoms with E-state index in [0.29, 0.717) is 0 Å². The zero-order valence-corrected chi connectivity index (χ0v) is 14.8. The highest BCUT2D eigenvalue weighted by Crippen LogP contribution is 2.09. The Labute approximate surface area is 126 Å². The van der Waals surface area contributed by atoms with Crippen LogP contribution in [-0.2, 0) is 0 Å². The molecule has 0 bridgehead atoms. The third-order valence-corrected chi connectivity index (χ3v) is 3.91. The summed E-state index contributed by atoms with van der Waals surface area (Å²) >= 11 is 0. The summed E-state index contributed by atoms with van der Waals surface area (Å²) in [6.07, 6.45) is 14.4. The minimum atomic E-state index is 0. The lowest BCUT2D eigenvalue weighted by molar-refractivity contribution is -0.902. The van der Waals surface area contributed by atoms with E-state index < -0.39 is 0 Å². The number of hydrogen-bond acceptors (Lipinski definition) is 0. The highest BCUT2D eigenvalue weighted by molar-refractivity contribution is 4.47. The van der Waals surface area contributed by atoms with Gasteiger partial charge < -0.3 is 21.9 Å². The van der Waals surface area contributed by atoms with Crippen LogP contribution in [0.2, 0.25) is 0 Å². The van der Waals surface area contributed by atoms with Crippen molar-refractivity contribution in [3.05, 3.63) is 0 Å². The Morgan fingerprint density at radius 1 is 0.722 bits per heavy atom. The van der Waals surface area contributed by atoms with Crippen LogP contribution in [0.25, 0.3) is 0 Å². The highest BCUT2D eigenvalue weighted by atomic mass is 79.9. The maximum atomic E-state index is 2.32. The topological polar surface area (TPSA) is 4.44 Å². The SMILES string of the molecule is CCCCCCCCCCCC[NH+](C)C(C)C.[Br-]. The van der Waals surface area contributed by atoms with Crippen LogP contribution in [0.1, 0.15) is 85.0 Å². The summed E-state index contributed by atoms with van der Waals surface area (Å²) in [5.74, 6) is 0. The van der Waals surface area contributed by atoms with Gasteiger partial charge in [0.15, 0.2) is 0 Å². The standard InChI is InChI=1S/C16H35N.BrH/c1-5-6-7-8-9-10-11-12-13-14-15-17(4)16(2)3;/h16H,5-15H2,1-4H3;1H. The van der Waals surface area contributed by atoms with Gasteiger partial charge in [0.1, 0.15) is 0 Å². The minimum absolute atomic E-state index is 0. The van der Waals surface area contributed by atoms with Crippen molar-refractivity contribution in [1.29, 1.82) is 0 Å². The number of unbranched alkanes of at least 4 members (excludes halogenated alkanes) is 9. The van der Waals surface area contributed by atoms with Crippen LogP contribution >= 0.6 is 0 Å². The van der Waals surface area contributed by atoms with Gasteiger partial charge in [-0.3, -0.25) is 0 Å². The average molecular weight is 322 g/mol. The molecule has 112 valence electrons. The van der Waals surface area contributed by atoms with E-state index in [9.17, 15) is 0 Å². The Bertz CT molecular complexity index is 148. The Kier molecular flexibility index (Phi) is 17.9. The Morgan fingerprint density at radius 2 is 1.11 bits per heavy atom. The molecule has 0 fully saturated rings. The molecule has 0 saturated carbocycles. The van der Waals surface area contributed by atoms with Gasteiger partial charge in [-0.1, -0.05) is 58.3 Å². The van der Waals surface area contributed by atoms with E-state index in [2.05, 4.69) is 27.8 Å². The van der Waals surface area contributed by atoms with Crippen LogP contribution in [-0.4, -0.2) is 19.6 Å². The van der Waals surface area contributed by atoms with Gasteiger partial charge in [-0.05, 0) is 26.7 Å². The first kappa shape index (κ1) is 20.8. The monoisotopic (exact) mass is 321 g/mol. The fourth-order valence-electron chi connectivity index (χ4n) is 2.18. The van der Waals surface area contributed by atoms with Gasteiger partial charge in [-0.25, -0.2) is 0 Å². The molecule has 0 aliphatic carbocycles. The molecule has 1 atom stereocenters. The van der Waals surface area contributed by atoms with Crippen molar-refractivity contribution in [1.82, 2.24) is 0 Å². The van der Waals surface area contributed by atoms with Gasteiger partial charge in [0.2, 0.25) is 0 Å². The van der Waals surface area contributed by atoms with Crippen LogP contribution in [0.15, 0.2) is 0 Å². The molecule has 1 N–H and O–H groups in total. The van der Waals surface area contributed by atoms with Gasteiger partial charge in [0, 0.05) is 0 Å². The number of halogens is 1. The molecule has 0 spiro atoms. The summed E-state index contributed by atoms with van der Waals surface area (Å²) in [6.45, 7) is 8.27. The summed E-state index contributed by atoms with van der Waals surface area (Å²) in [7, 11) is 2.32. The van der Waals surface area contributed by atoms with E-state index in [-0.39, 0.29) is 17.0 Å². The summed E-state index contributed by atoms with van der Waals surface area (Å²) in [4.78, 5) is 1.68. The second-order valence-electron chi connectivity index (χ2n) is 5.93. The molecular weight excluding hydrogens is 286 g/mol. The summed E-state index contributed by atoms with van der Waals surface area (Å²) in [5, 5.41) is 0. The van der Waals surface area contributed by atoms with Crippen LogP contribution in [0.4, 0.5) is 0 Å². The third kappa shape index (κ3) is 14.5. The molecule has 1 unspecified atom stereocenters. The molecule has 0 amide bonds. The maximum absolute atomic E-state index is 2.32. The number of hydrogen-bond donors (Lipinski definition) is 1. The van der Waals surface area contributed by atoms with Crippen LogP contribution < -0.4 is 21.9 Å². The van der Waals surface area contributed by atoms with Gasteiger partial charge in [-0.2, -0.15) is 0 Å². The van der Waals surface area contributed by atoms with E-state index in [4.69, 9.17) is 0 Å². The van der Waals surface area contributed by atoms with Crippen molar-refractivity contribution < 1.29 is 21.9 Å². The zero-order valence-electron chi connectivity index (χ0n) is 13.2. The second-order valence-corrected chi connectivity index (χ2v) is 5.93. The van der Waals surface area contributed by atoms with Crippen LogP contribution in [0, 0.1) is 0 Å². The predicted molar refractivity (Wildman–Crippen MR) is 78.7 cm³/mol. The first-order chi connectivity index (χ1) is 8.18. The van der Waals surface area contributed by atoms with Gasteiger partial charge in [0.05, 0.1) is 19.6 Å². The lowest BCUT2D eigenvalue weighted by Crippen LogP contribution is -3.12. The van der Waals surface area contributed by atoms with Gasteiger partial charge >= 0.3 is 0 Å². The molecule has 1 nitrogen and oxygen atoms in total. The average Bonchev–Trinajstić information content (AvgIpc) is 2.31. The minimum Gasteiger partial charge on any atom is -1.00 e. The molecule has 0 aliphatic heterocycles. The van der Waals surface area contributed by atoms with E-state index in [1.807, 2.05) is 0 Å². The first-order valence-electron chi connectivity index (χ1n) is 8.00. The molecule has 0 aromatic heterocycles. The Hall–Kier alpha value is 0.440. The van der Waals surface area contributed by atoms with Crippen molar-refractivity contribution in [3.8, 4) is 0 Å². The van der Waals surface area contributed by atoms with Gasteiger partial charge in [-0.15, -0.1) is 0 Å². The lowest BCUT2D eigenvalue weighted by atomic mass is 10.1. The Balaban J connectivity index is 0. The second kappa shape index (κ2) is 15.5. The van der Waals surface area contributed by atoms with Crippen molar-refractivity contribution >= 4 is 0 Å². The molecule has 18 heavy (non-hydrogen) atoms. The van der Waals surface area contributed by atoms with Crippen molar-refractivity contribution in [3.63, 3.8) is 0 Å². The largest absolute Gasteiger partial charge is 1.00 e.